The number of aliphatic hydroxyl groups is 1. The molecule has 0 fully saturated rings. The zero-order chi connectivity index (χ0) is 10.9. The Balaban J connectivity index is 3.51. The van der Waals surface area contributed by atoms with Gasteiger partial charge in [0, 0.05) is 10.0 Å². The Morgan fingerprint density at radius 2 is 2.29 bits per heavy atom. The van der Waals surface area contributed by atoms with Crippen LogP contribution in [0.3, 0.4) is 0 Å². The van der Waals surface area contributed by atoms with E-state index in [0.717, 1.165) is 0 Å². The van der Waals surface area contributed by atoms with Crippen LogP contribution in [0.15, 0.2) is 10.5 Å². The fourth-order valence-electron chi connectivity index (χ4n) is 1.18. The molecule has 1 aromatic carbocycles. The van der Waals surface area contributed by atoms with Crippen molar-refractivity contribution in [2.24, 2.45) is 0 Å². The Morgan fingerprint density at radius 3 is 2.71 bits per heavy atom. The summed E-state index contributed by atoms with van der Waals surface area (Å²) in [6.07, 6.45) is 0. The van der Waals surface area contributed by atoms with E-state index < -0.39 is 5.97 Å². The first-order valence-electron chi connectivity index (χ1n) is 3.78. The number of carbonyl (C=O) groups excluding carboxylic acids is 1. The second-order valence-corrected chi connectivity index (χ2v) is 3.97. The number of halogens is 2. The Bertz CT molecular complexity index is 390. The van der Waals surface area contributed by atoms with Crippen molar-refractivity contribution in [3.63, 3.8) is 0 Å². The van der Waals surface area contributed by atoms with Gasteiger partial charge in [0.15, 0.2) is 0 Å². The molecule has 0 aliphatic carbocycles. The molecule has 0 heterocycles. The van der Waals surface area contributed by atoms with Gasteiger partial charge in [-0.1, -0.05) is 11.6 Å². The Labute approximate surface area is 94.4 Å². The number of aliphatic hydroxyl groups excluding tert-OH is 1. The molecule has 0 aliphatic heterocycles. The zero-order valence-corrected chi connectivity index (χ0v) is 9.65. The monoisotopic (exact) mass is 277 g/mol. The summed E-state index contributed by atoms with van der Waals surface area (Å²) in [5, 5.41) is 20.0. The van der Waals surface area contributed by atoms with Crippen LogP contribution in [-0.2, 0) is 6.61 Å². The minimum Gasteiger partial charge on any atom is -0.545 e. The molecule has 1 aromatic rings. The molecule has 1 rings (SSSR count). The molecule has 0 saturated heterocycles. The van der Waals surface area contributed by atoms with Gasteiger partial charge in [-0.2, -0.15) is 0 Å². The van der Waals surface area contributed by atoms with Crippen LogP contribution in [-0.4, -0.2) is 11.1 Å². The summed E-state index contributed by atoms with van der Waals surface area (Å²) >= 11 is 8.97. The molecule has 3 nitrogen and oxygen atoms in total. The van der Waals surface area contributed by atoms with Gasteiger partial charge >= 0.3 is 0 Å². The zero-order valence-electron chi connectivity index (χ0n) is 7.30. The number of aromatic carboxylic acids is 1. The predicted molar refractivity (Wildman–Crippen MR) is 54.1 cm³/mol. The smallest absolute Gasteiger partial charge is 0.0719 e. The van der Waals surface area contributed by atoms with Gasteiger partial charge in [-0.3, -0.25) is 0 Å². The van der Waals surface area contributed by atoms with Crippen LogP contribution >= 0.6 is 27.5 Å². The lowest BCUT2D eigenvalue weighted by Crippen LogP contribution is -2.24. The Hall–Kier alpha value is -0.580. The third-order valence-electron chi connectivity index (χ3n) is 1.97. The van der Waals surface area contributed by atoms with Crippen molar-refractivity contribution in [3.05, 3.63) is 32.3 Å². The summed E-state index contributed by atoms with van der Waals surface area (Å²) in [6.45, 7) is 1.32. The van der Waals surface area contributed by atoms with Crippen LogP contribution in [0.25, 0.3) is 0 Å². The topological polar surface area (TPSA) is 60.4 Å². The van der Waals surface area contributed by atoms with Crippen LogP contribution in [0.1, 0.15) is 21.5 Å². The fraction of sp³-hybridized carbons (Fsp3) is 0.222. The predicted octanol–water partition coefficient (Wildman–Crippen LogP) is 1.27. The van der Waals surface area contributed by atoms with E-state index in [1.54, 1.807) is 6.92 Å². The summed E-state index contributed by atoms with van der Waals surface area (Å²) in [5.74, 6) is -1.34. The number of hydrogen-bond acceptors (Lipinski definition) is 3. The quantitative estimate of drug-likeness (QED) is 0.886. The van der Waals surface area contributed by atoms with E-state index in [9.17, 15) is 9.90 Å². The molecule has 5 heteroatoms. The van der Waals surface area contributed by atoms with E-state index >= 15 is 0 Å². The highest BCUT2D eigenvalue weighted by molar-refractivity contribution is 9.10. The average molecular weight is 279 g/mol. The third kappa shape index (κ3) is 1.92. The van der Waals surface area contributed by atoms with Crippen molar-refractivity contribution >= 4 is 33.5 Å². The van der Waals surface area contributed by atoms with Crippen molar-refractivity contribution in [1.29, 1.82) is 0 Å². The Kier molecular flexibility index (Phi) is 3.53. The van der Waals surface area contributed by atoms with Crippen LogP contribution < -0.4 is 5.11 Å². The molecule has 0 unspecified atom stereocenters. The number of carbonyl (C=O) groups is 1. The molecule has 1 N–H and O–H groups in total. The van der Waals surface area contributed by atoms with E-state index in [2.05, 4.69) is 15.9 Å². The molecule has 76 valence electrons. The second-order valence-electron chi connectivity index (χ2n) is 2.77. The standard InChI is InChI=1S/C9H8BrClO3/c1-4-6(3-12)5(9(13)14)2-7(11)8(4)10/h2,12H,3H2,1H3,(H,13,14)/p-1. The third-order valence-corrected chi connectivity index (χ3v) is 3.51. The van der Waals surface area contributed by atoms with Crippen LogP contribution in [0, 0.1) is 6.92 Å². The molecule has 0 saturated carbocycles. The first kappa shape index (κ1) is 11.5. The minimum atomic E-state index is -1.34. The summed E-state index contributed by atoms with van der Waals surface area (Å²) < 4.78 is 0.591. The number of hydrogen-bond donors (Lipinski definition) is 1. The average Bonchev–Trinajstić information content (AvgIpc) is 2.13. The Morgan fingerprint density at radius 1 is 1.71 bits per heavy atom. The number of carboxylic acids is 1. The molecule has 0 amide bonds. The van der Waals surface area contributed by atoms with Crippen molar-refractivity contribution in [1.82, 2.24) is 0 Å². The van der Waals surface area contributed by atoms with E-state index in [0.29, 0.717) is 20.6 Å². The first-order valence-corrected chi connectivity index (χ1v) is 4.95. The van der Waals surface area contributed by atoms with Crippen LogP contribution in [0.4, 0.5) is 0 Å². The summed E-state index contributed by atoms with van der Waals surface area (Å²) in [4.78, 5) is 10.7. The van der Waals surface area contributed by atoms with Crippen LogP contribution in [0.5, 0.6) is 0 Å². The van der Waals surface area contributed by atoms with Crippen molar-refractivity contribution in [2.45, 2.75) is 13.5 Å². The summed E-state index contributed by atoms with van der Waals surface area (Å²) in [6, 6.07) is 1.26. The highest BCUT2D eigenvalue weighted by atomic mass is 79.9. The van der Waals surface area contributed by atoms with Crippen molar-refractivity contribution in [3.8, 4) is 0 Å². The molecule has 0 radical (unpaired) electrons. The normalized spacial score (nSPS) is 10.3. The van der Waals surface area contributed by atoms with E-state index in [1.165, 1.54) is 6.07 Å². The lowest BCUT2D eigenvalue weighted by atomic mass is 10.0. The molecular weight excluding hydrogens is 271 g/mol. The molecule has 0 aromatic heterocycles. The number of rotatable bonds is 2. The summed E-state index contributed by atoms with van der Waals surface area (Å²) in [7, 11) is 0. The van der Waals surface area contributed by atoms with Crippen molar-refractivity contribution in [2.75, 3.05) is 0 Å². The largest absolute Gasteiger partial charge is 0.545 e. The van der Waals surface area contributed by atoms with Gasteiger partial charge in [0.1, 0.15) is 0 Å². The maximum absolute atomic E-state index is 10.7. The minimum absolute atomic E-state index is 0.0711. The van der Waals surface area contributed by atoms with Gasteiger partial charge in [-0.25, -0.2) is 0 Å². The highest BCUT2D eigenvalue weighted by Gasteiger charge is 2.12. The van der Waals surface area contributed by atoms with Gasteiger partial charge in [0.2, 0.25) is 0 Å². The van der Waals surface area contributed by atoms with Crippen molar-refractivity contribution < 1.29 is 15.0 Å². The van der Waals surface area contributed by atoms with Gasteiger partial charge in [0.25, 0.3) is 0 Å². The molecule has 0 aliphatic rings. The second kappa shape index (κ2) is 4.29. The SMILES string of the molecule is Cc1c(Br)c(Cl)cc(C(=O)[O-])c1CO. The van der Waals surface area contributed by atoms with E-state index in [4.69, 9.17) is 16.7 Å². The lowest BCUT2D eigenvalue weighted by molar-refractivity contribution is -0.255. The van der Waals surface area contributed by atoms with Gasteiger partial charge in [0.05, 0.1) is 17.6 Å². The van der Waals surface area contributed by atoms with Gasteiger partial charge in [-0.15, -0.1) is 0 Å². The number of benzene rings is 1. The number of carboxylic acid groups (broad SMARTS) is 1. The first-order chi connectivity index (χ1) is 6.49. The maximum Gasteiger partial charge on any atom is 0.0719 e. The molecular formula is C9H7BrClO3-. The molecule has 0 atom stereocenters. The van der Waals surface area contributed by atoms with E-state index in [-0.39, 0.29) is 12.2 Å². The molecule has 0 spiro atoms. The lowest BCUT2D eigenvalue weighted by Gasteiger charge is -2.14. The summed E-state index contributed by atoms with van der Waals surface area (Å²) in [5.41, 5.74) is 0.860. The van der Waals surface area contributed by atoms with Crippen LogP contribution in [0.2, 0.25) is 5.02 Å². The highest BCUT2D eigenvalue weighted by Crippen LogP contribution is 2.31. The van der Waals surface area contributed by atoms with Gasteiger partial charge < -0.3 is 15.0 Å². The molecule has 0 bridgehead atoms. The maximum atomic E-state index is 10.7. The fourth-order valence-corrected chi connectivity index (χ4v) is 1.78. The van der Waals surface area contributed by atoms with Gasteiger partial charge in [-0.05, 0) is 40.0 Å². The van der Waals surface area contributed by atoms with E-state index in [1.807, 2.05) is 0 Å². The molecule has 14 heavy (non-hydrogen) atoms.